The third-order valence-electron chi connectivity index (χ3n) is 1.83. The molecule has 1 aliphatic heterocycles. The van der Waals surface area contributed by atoms with E-state index in [-0.39, 0.29) is 19.8 Å². The molecule has 1 unspecified atom stereocenters. The van der Waals surface area contributed by atoms with E-state index in [9.17, 15) is 16.8 Å². The highest BCUT2D eigenvalue weighted by Crippen LogP contribution is 2.10. The molecule has 0 aromatic rings. The Bertz CT molecular complexity index is 415. The van der Waals surface area contributed by atoms with Crippen molar-refractivity contribution in [3.63, 3.8) is 0 Å². The summed E-state index contributed by atoms with van der Waals surface area (Å²) in [6.07, 6.45) is 0.0711. The van der Waals surface area contributed by atoms with Gasteiger partial charge in [0, 0.05) is 12.8 Å². The van der Waals surface area contributed by atoms with Gasteiger partial charge in [0.1, 0.15) is 0 Å². The predicted octanol–water partition coefficient (Wildman–Crippen LogP) is -2.06. The number of hydrogen-bond donors (Lipinski definition) is 1. The average Bonchev–Trinajstić information content (AvgIpc) is 1.99. The Morgan fingerprint density at radius 3 is 2.47 bits per heavy atom. The van der Waals surface area contributed by atoms with Gasteiger partial charge in [-0.1, -0.05) is 0 Å². The van der Waals surface area contributed by atoms with Crippen LogP contribution in [0.2, 0.25) is 0 Å². The number of sulfonamides is 1. The Kier molecular flexibility index (Phi) is 3.71. The summed E-state index contributed by atoms with van der Waals surface area (Å²) in [5.41, 5.74) is 5.51. The Balaban J connectivity index is 2.85. The molecule has 2 N–H and O–H groups in total. The topological polar surface area (TPSA) is 107 Å². The van der Waals surface area contributed by atoms with Crippen molar-refractivity contribution in [2.24, 2.45) is 5.73 Å². The van der Waals surface area contributed by atoms with Crippen LogP contribution in [0.5, 0.6) is 0 Å². The zero-order valence-corrected chi connectivity index (χ0v) is 9.92. The third-order valence-corrected chi connectivity index (χ3v) is 5.91. The van der Waals surface area contributed by atoms with Crippen molar-refractivity contribution in [3.8, 4) is 0 Å². The second kappa shape index (κ2) is 4.34. The lowest BCUT2D eigenvalue weighted by atomic mass is 10.4. The quantitative estimate of drug-likeness (QED) is 0.623. The van der Waals surface area contributed by atoms with E-state index in [2.05, 4.69) is 0 Å². The Hall–Kier alpha value is -0.220. The number of morpholine rings is 1. The van der Waals surface area contributed by atoms with Gasteiger partial charge < -0.3 is 10.5 Å². The first kappa shape index (κ1) is 12.8. The zero-order valence-electron chi connectivity index (χ0n) is 8.29. The lowest BCUT2D eigenvalue weighted by Crippen LogP contribution is -2.54. The number of nitrogens with zero attached hydrogens (tertiary/aromatic N) is 1. The number of hydrogen-bond acceptors (Lipinski definition) is 6. The lowest BCUT2D eigenvalue weighted by Gasteiger charge is -2.31. The highest BCUT2D eigenvalue weighted by atomic mass is 32.3. The largest absolute Gasteiger partial charge is 0.377 e. The van der Waals surface area contributed by atoms with Crippen LogP contribution < -0.4 is 5.73 Å². The van der Waals surface area contributed by atoms with Gasteiger partial charge in [-0.15, -0.1) is 0 Å². The minimum absolute atomic E-state index is 0.0863. The van der Waals surface area contributed by atoms with Crippen LogP contribution in [0.3, 0.4) is 0 Å². The maximum atomic E-state index is 11.6. The van der Waals surface area contributed by atoms with E-state index in [0.717, 1.165) is 10.6 Å². The normalized spacial score (nSPS) is 25.3. The van der Waals surface area contributed by atoms with Crippen LogP contribution >= 0.6 is 0 Å². The lowest BCUT2D eigenvalue weighted by molar-refractivity contribution is 0.0352. The first-order valence-corrected chi connectivity index (χ1v) is 7.90. The first-order valence-electron chi connectivity index (χ1n) is 4.23. The fraction of sp³-hybridized carbons (Fsp3) is 1.00. The first-order chi connectivity index (χ1) is 6.72. The maximum absolute atomic E-state index is 11.6. The van der Waals surface area contributed by atoms with E-state index >= 15 is 0 Å². The van der Waals surface area contributed by atoms with Crippen molar-refractivity contribution in [1.82, 2.24) is 4.31 Å². The summed E-state index contributed by atoms with van der Waals surface area (Å²) < 4.78 is 51.0. The molecule has 0 aromatic heterocycles. The van der Waals surface area contributed by atoms with Crippen molar-refractivity contribution < 1.29 is 21.6 Å². The molecule has 0 spiro atoms. The number of ether oxygens (including phenoxy) is 1. The van der Waals surface area contributed by atoms with Crippen LogP contribution in [0.4, 0.5) is 0 Å². The van der Waals surface area contributed by atoms with Gasteiger partial charge in [-0.2, -0.15) is 4.31 Å². The van der Waals surface area contributed by atoms with Gasteiger partial charge in [0.25, 0.3) is 0 Å². The molecule has 7 nitrogen and oxygen atoms in total. The van der Waals surface area contributed by atoms with E-state index in [1.54, 1.807) is 0 Å². The predicted molar refractivity (Wildman–Crippen MR) is 54.1 cm³/mol. The average molecular weight is 258 g/mol. The zero-order chi connectivity index (χ0) is 11.7. The van der Waals surface area contributed by atoms with Gasteiger partial charge in [0.2, 0.25) is 10.0 Å². The highest BCUT2D eigenvalue weighted by Gasteiger charge is 2.32. The van der Waals surface area contributed by atoms with E-state index < -0.39 is 31.1 Å². The monoisotopic (exact) mass is 258 g/mol. The van der Waals surface area contributed by atoms with Crippen LogP contribution in [0, 0.1) is 0 Å². The van der Waals surface area contributed by atoms with Gasteiger partial charge in [-0.25, -0.2) is 16.8 Å². The molecule has 1 fully saturated rings. The van der Waals surface area contributed by atoms with Crippen molar-refractivity contribution in [3.05, 3.63) is 0 Å². The SMILES string of the molecule is CS(=O)(=O)CS(=O)(=O)N1CCOCC1N. The van der Waals surface area contributed by atoms with Gasteiger partial charge in [0.15, 0.2) is 14.9 Å². The van der Waals surface area contributed by atoms with Crippen molar-refractivity contribution in [2.75, 3.05) is 31.1 Å². The summed E-state index contributed by atoms with van der Waals surface area (Å²) in [6.45, 7) is 0.415. The summed E-state index contributed by atoms with van der Waals surface area (Å²) in [5.74, 6) is 0. The molecule has 90 valence electrons. The minimum Gasteiger partial charge on any atom is -0.377 e. The van der Waals surface area contributed by atoms with Crippen LogP contribution in [-0.4, -0.2) is 58.4 Å². The molecule has 1 atom stereocenters. The molecule has 0 bridgehead atoms. The molecule has 1 saturated heterocycles. The molecule has 0 aromatic carbocycles. The molecule has 0 aliphatic carbocycles. The molecule has 0 amide bonds. The maximum Gasteiger partial charge on any atom is 0.230 e. The summed E-state index contributed by atoms with van der Waals surface area (Å²) in [5, 5.41) is -0.909. The van der Waals surface area contributed by atoms with Crippen molar-refractivity contribution in [2.45, 2.75) is 6.17 Å². The Labute approximate surface area is 89.2 Å². The van der Waals surface area contributed by atoms with Crippen LogP contribution in [0.1, 0.15) is 0 Å². The van der Waals surface area contributed by atoms with E-state index in [1.807, 2.05) is 0 Å². The van der Waals surface area contributed by atoms with E-state index in [0.29, 0.717) is 0 Å². The molecule has 15 heavy (non-hydrogen) atoms. The second-order valence-electron chi connectivity index (χ2n) is 3.41. The smallest absolute Gasteiger partial charge is 0.230 e. The molecule has 1 rings (SSSR count). The van der Waals surface area contributed by atoms with Crippen LogP contribution in [-0.2, 0) is 24.6 Å². The van der Waals surface area contributed by atoms with E-state index in [1.165, 1.54) is 0 Å². The number of rotatable bonds is 3. The van der Waals surface area contributed by atoms with Gasteiger partial charge in [0.05, 0.1) is 19.4 Å². The highest BCUT2D eigenvalue weighted by molar-refractivity contribution is 8.06. The van der Waals surface area contributed by atoms with Gasteiger partial charge in [-0.3, -0.25) is 0 Å². The fourth-order valence-corrected chi connectivity index (χ4v) is 4.82. The summed E-state index contributed by atoms with van der Waals surface area (Å²) in [6, 6.07) is 0. The summed E-state index contributed by atoms with van der Waals surface area (Å²) >= 11 is 0. The van der Waals surface area contributed by atoms with E-state index in [4.69, 9.17) is 10.5 Å². The van der Waals surface area contributed by atoms with Crippen molar-refractivity contribution >= 4 is 19.9 Å². The summed E-state index contributed by atoms with van der Waals surface area (Å²) in [4.78, 5) is 0. The Morgan fingerprint density at radius 2 is 2.00 bits per heavy atom. The molecule has 0 radical (unpaired) electrons. The molecular formula is C6H14N2O5S2. The number of sulfone groups is 1. The molecular weight excluding hydrogens is 244 g/mol. The van der Waals surface area contributed by atoms with Crippen molar-refractivity contribution in [1.29, 1.82) is 0 Å². The number of nitrogens with two attached hydrogens (primary N) is 1. The molecule has 0 saturated carbocycles. The molecule has 1 heterocycles. The second-order valence-corrected chi connectivity index (χ2v) is 7.84. The van der Waals surface area contributed by atoms with Crippen LogP contribution in [0.25, 0.3) is 0 Å². The van der Waals surface area contributed by atoms with Gasteiger partial charge in [-0.05, 0) is 0 Å². The third kappa shape index (κ3) is 3.68. The molecule has 9 heteroatoms. The minimum atomic E-state index is -3.85. The standard InChI is InChI=1S/C6H14N2O5S2/c1-14(9,10)5-15(11,12)8-2-3-13-4-6(8)7/h6H,2-5,7H2,1H3. The van der Waals surface area contributed by atoms with Crippen LogP contribution in [0.15, 0.2) is 0 Å². The fourth-order valence-electron chi connectivity index (χ4n) is 1.29. The molecule has 1 aliphatic rings. The van der Waals surface area contributed by atoms with Gasteiger partial charge >= 0.3 is 0 Å². The summed E-state index contributed by atoms with van der Waals surface area (Å²) in [7, 11) is -7.43. The Morgan fingerprint density at radius 1 is 1.40 bits per heavy atom.